The lowest BCUT2D eigenvalue weighted by Crippen LogP contribution is -2.41. The SMILES string of the molecule is CC(NS(=O)(=O)c1ccccc1F)C(=O)OCC(=O)NC1CCCc2ccccc21. The van der Waals surface area contributed by atoms with E-state index in [0.717, 1.165) is 37.0 Å². The molecule has 0 aliphatic heterocycles. The van der Waals surface area contributed by atoms with Crippen LogP contribution >= 0.6 is 0 Å². The maximum absolute atomic E-state index is 13.7. The van der Waals surface area contributed by atoms with Crippen molar-refractivity contribution in [3.63, 3.8) is 0 Å². The third kappa shape index (κ3) is 5.22. The number of fused-ring (bicyclic) bond motifs is 1. The van der Waals surface area contributed by atoms with Gasteiger partial charge >= 0.3 is 5.97 Å². The van der Waals surface area contributed by atoms with Crippen molar-refractivity contribution in [2.24, 2.45) is 0 Å². The Morgan fingerprint density at radius 3 is 2.63 bits per heavy atom. The monoisotopic (exact) mass is 434 g/mol. The van der Waals surface area contributed by atoms with Gasteiger partial charge in [0.2, 0.25) is 10.0 Å². The molecule has 0 saturated carbocycles. The summed E-state index contributed by atoms with van der Waals surface area (Å²) in [4.78, 5) is 23.8. The first kappa shape index (κ1) is 21.9. The molecule has 7 nitrogen and oxygen atoms in total. The van der Waals surface area contributed by atoms with Gasteiger partial charge in [0.1, 0.15) is 16.8 Å². The van der Waals surface area contributed by atoms with Gasteiger partial charge in [-0.15, -0.1) is 0 Å². The van der Waals surface area contributed by atoms with Crippen LogP contribution in [0, 0.1) is 5.82 Å². The smallest absolute Gasteiger partial charge is 0.324 e. The lowest BCUT2D eigenvalue weighted by molar-refractivity contribution is -0.150. The van der Waals surface area contributed by atoms with E-state index in [2.05, 4.69) is 10.0 Å². The minimum atomic E-state index is -4.26. The van der Waals surface area contributed by atoms with Crippen molar-refractivity contribution in [3.8, 4) is 0 Å². The summed E-state index contributed by atoms with van der Waals surface area (Å²) in [5.41, 5.74) is 2.23. The molecule has 1 aliphatic carbocycles. The zero-order valence-corrected chi connectivity index (χ0v) is 17.2. The Morgan fingerprint density at radius 1 is 1.17 bits per heavy atom. The third-order valence-corrected chi connectivity index (χ3v) is 6.44. The summed E-state index contributed by atoms with van der Waals surface area (Å²) in [7, 11) is -4.26. The lowest BCUT2D eigenvalue weighted by Gasteiger charge is -2.26. The average Bonchev–Trinajstić information content (AvgIpc) is 2.72. The number of carbonyl (C=O) groups excluding carboxylic acids is 2. The molecular formula is C21H23FN2O5S. The number of hydrogen-bond donors (Lipinski definition) is 2. The number of ether oxygens (including phenoxy) is 1. The fraction of sp³-hybridized carbons (Fsp3) is 0.333. The van der Waals surface area contributed by atoms with Crippen LogP contribution in [0.2, 0.25) is 0 Å². The maximum Gasteiger partial charge on any atom is 0.324 e. The number of esters is 1. The van der Waals surface area contributed by atoms with Crippen LogP contribution in [-0.4, -0.2) is 32.9 Å². The molecule has 0 radical (unpaired) electrons. The van der Waals surface area contributed by atoms with Gasteiger partial charge in [-0.1, -0.05) is 36.4 Å². The molecule has 0 heterocycles. The number of halogens is 1. The molecule has 3 rings (SSSR count). The van der Waals surface area contributed by atoms with Crippen LogP contribution in [0.1, 0.15) is 36.9 Å². The topological polar surface area (TPSA) is 102 Å². The first-order chi connectivity index (χ1) is 14.3. The van der Waals surface area contributed by atoms with Gasteiger partial charge in [0.25, 0.3) is 5.91 Å². The average molecular weight is 434 g/mol. The van der Waals surface area contributed by atoms with Gasteiger partial charge in [0, 0.05) is 0 Å². The highest BCUT2D eigenvalue weighted by atomic mass is 32.2. The van der Waals surface area contributed by atoms with Crippen molar-refractivity contribution in [1.82, 2.24) is 10.0 Å². The number of aryl methyl sites for hydroxylation is 1. The van der Waals surface area contributed by atoms with Crippen LogP contribution in [0.4, 0.5) is 4.39 Å². The van der Waals surface area contributed by atoms with Crippen LogP contribution in [-0.2, 0) is 30.8 Å². The molecule has 2 N–H and O–H groups in total. The second kappa shape index (κ2) is 9.36. The van der Waals surface area contributed by atoms with Gasteiger partial charge in [-0.25, -0.2) is 12.8 Å². The van der Waals surface area contributed by atoms with Crippen LogP contribution in [0.25, 0.3) is 0 Å². The van der Waals surface area contributed by atoms with E-state index in [1.807, 2.05) is 24.3 Å². The Morgan fingerprint density at radius 2 is 1.87 bits per heavy atom. The van der Waals surface area contributed by atoms with E-state index in [9.17, 15) is 22.4 Å². The van der Waals surface area contributed by atoms with Gasteiger partial charge in [0.05, 0.1) is 6.04 Å². The number of carbonyl (C=O) groups is 2. The molecule has 160 valence electrons. The van der Waals surface area contributed by atoms with E-state index in [4.69, 9.17) is 4.74 Å². The van der Waals surface area contributed by atoms with Gasteiger partial charge in [-0.05, 0) is 49.4 Å². The van der Waals surface area contributed by atoms with Crippen LogP contribution in [0.15, 0.2) is 53.4 Å². The fourth-order valence-corrected chi connectivity index (χ4v) is 4.68. The van der Waals surface area contributed by atoms with E-state index in [0.29, 0.717) is 0 Å². The highest BCUT2D eigenvalue weighted by molar-refractivity contribution is 7.89. The molecule has 0 saturated heterocycles. The third-order valence-electron chi connectivity index (χ3n) is 4.86. The number of benzene rings is 2. The normalized spacial score (nSPS) is 16.9. The van der Waals surface area contributed by atoms with Gasteiger partial charge in [-0.3, -0.25) is 9.59 Å². The van der Waals surface area contributed by atoms with Crippen molar-refractivity contribution in [2.75, 3.05) is 6.61 Å². The number of sulfonamides is 1. The predicted molar refractivity (Wildman–Crippen MR) is 107 cm³/mol. The summed E-state index contributed by atoms with van der Waals surface area (Å²) in [5.74, 6) is -2.35. The summed E-state index contributed by atoms with van der Waals surface area (Å²) in [5, 5.41) is 2.85. The molecule has 2 aromatic rings. The highest BCUT2D eigenvalue weighted by Gasteiger charge is 2.26. The summed E-state index contributed by atoms with van der Waals surface area (Å²) < 4.78 is 45.2. The quantitative estimate of drug-likeness (QED) is 0.651. The summed E-state index contributed by atoms with van der Waals surface area (Å²) >= 11 is 0. The van der Waals surface area contributed by atoms with E-state index in [1.165, 1.54) is 24.6 Å². The molecule has 30 heavy (non-hydrogen) atoms. The Labute approximate surface area is 174 Å². The number of amides is 1. The minimum Gasteiger partial charge on any atom is -0.454 e. The lowest BCUT2D eigenvalue weighted by atomic mass is 9.88. The molecule has 2 unspecified atom stereocenters. The van der Waals surface area contributed by atoms with E-state index >= 15 is 0 Å². The second-order valence-electron chi connectivity index (χ2n) is 7.09. The molecular weight excluding hydrogens is 411 g/mol. The Kier molecular flexibility index (Phi) is 6.84. The molecule has 1 amide bonds. The van der Waals surface area contributed by atoms with Gasteiger partial charge in [-0.2, -0.15) is 4.72 Å². The molecule has 0 fully saturated rings. The standard InChI is InChI=1S/C21H23FN2O5S/c1-14(24-30(27,28)19-12-5-4-10-17(19)22)21(26)29-13-20(25)23-18-11-6-8-15-7-2-3-9-16(15)18/h2-5,7,9-10,12,14,18,24H,6,8,11,13H2,1H3,(H,23,25). The zero-order chi connectivity index (χ0) is 21.7. The van der Waals surface area contributed by atoms with Crippen molar-refractivity contribution >= 4 is 21.9 Å². The Hall–Kier alpha value is -2.78. The summed E-state index contributed by atoms with van der Waals surface area (Å²) in [6, 6.07) is 11.2. The molecule has 2 atom stereocenters. The predicted octanol–water partition coefficient (Wildman–Crippen LogP) is 2.23. The highest BCUT2D eigenvalue weighted by Crippen LogP contribution is 2.29. The largest absolute Gasteiger partial charge is 0.454 e. The van der Waals surface area contributed by atoms with Crippen molar-refractivity contribution in [1.29, 1.82) is 0 Å². The number of nitrogens with one attached hydrogen (secondary N) is 2. The van der Waals surface area contributed by atoms with E-state index < -0.39 is 45.3 Å². The van der Waals surface area contributed by atoms with Crippen molar-refractivity contribution < 1.29 is 27.1 Å². The van der Waals surface area contributed by atoms with Crippen LogP contribution in [0.3, 0.4) is 0 Å². The number of rotatable bonds is 7. The maximum atomic E-state index is 13.7. The van der Waals surface area contributed by atoms with E-state index in [1.54, 1.807) is 0 Å². The summed E-state index contributed by atoms with van der Waals surface area (Å²) in [6.07, 6.45) is 2.68. The first-order valence-corrected chi connectivity index (χ1v) is 11.1. The first-order valence-electron chi connectivity index (χ1n) is 9.58. The van der Waals surface area contributed by atoms with Gasteiger partial charge < -0.3 is 10.1 Å². The second-order valence-corrected chi connectivity index (χ2v) is 8.77. The van der Waals surface area contributed by atoms with E-state index in [-0.39, 0.29) is 6.04 Å². The van der Waals surface area contributed by atoms with Crippen LogP contribution in [0.5, 0.6) is 0 Å². The fourth-order valence-electron chi connectivity index (χ4n) is 3.41. The molecule has 0 aromatic heterocycles. The molecule has 0 spiro atoms. The van der Waals surface area contributed by atoms with Crippen LogP contribution < -0.4 is 10.0 Å². The van der Waals surface area contributed by atoms with Gasteiger partial charge in [0.15, 0.2) is 6.61 Å². The minimum absolute atomic E-state index is 0.155. The van der Waals surface area contributed by atoms with Crippen molar-refractivity contribution in [2.45, 2.75) is 43.2 Å². The molecule has 2 aromatic carbocycles. The molecule has 0 bridgehead atoms. The number of hydrogen-bond acceptors (Lipinski definition) is 5. The zero-order valence-electron chi connectivity index (χ0n) is 16.4. The Bertz CT molecular complexity index is 1040. The summed E-state index contributed by atoms with van der Waals surface area (Å²) in [6.45, 7) is 0.722. The van der Waals surface area contributed by atoms with Crippen molar-refractivity contribution in [3.05, 3.63) is 65.5 Å². The Balaban J connectivity index is 1.53. The molecule has 1 aliphatic rings. The molecule has 9 heteroatoms.